The first-order valence-corrected chi connectivity index (χ1v) is 4.07. The monoisotopic (exact) mass is 157 g/mol. The van der Waals surface area contributed by atoms with Crippen LogP contribution in [0.3, 0.4) is 0 Å². The van der Waals surface area contributed by atoms with E-state index >= 15 is 0 Å². The molecule has 0 aromatic heterocycles. The molecule has 0 aromatic rings. The third-order valence-corrected chi connectivity index (χ3v) is 2.09. The van der Waals surface area contributed by atoms with Gasteiger partial charge in [0.05, 0.1) is 6.42 Å². The van der Waals surface area contributed by atoms with E-state index in [0.717, 1.165) is 5.92 Å². The van der Waals surface area contributed by atoms with Gasteiger partial charge in [-0.3, -0.25) is 4.79 Å². The highest BCUT2D eigenvalue weighted by Crippen LogP contribution is 2.29. The quantitative estimate of drug-likeness (QED) is 0.636. The molecule has 3 unspecified atom stereocenters. The van der Waals surface area contributed by atoms with Crippen molar-refractivity contribution in [1.82, 2.24) is 5.32 Å². The van der Waals surface area contributed by atoms with Crippen molar-refractivity contribution in [3.05, 3.63) is 0 Å². The summed E-state index contributed by atoms with van der Waals surface area (Å²) in [5, 5.41) is 11.7. The largest absolute Gasteiger partial charge is 0.481 e. The van der Waals surface area contributed by atoms with Crippen LogP contribution in [-0.2, 0) is 4.79 Å². The molecular formula is C8H15NO2. The van der Waals surface area contributed by atoms with Crippen LogP contribution in [0.4, 0.5) is 0 Å². The molecule has 1 saturated carbocycles. The molecule has 0 spiro atoms. The van der Waals surface area contributed by atoms with Gasteiger partial charge in [0.2, 0.25) is 0 Å². The van der Waals surface area contributed by atoms with Gasteiger partial charge in [-0.05, 0) is 19.3 Å². The summed E-state index contributed by atoms with van der Waals surface area (Å²) in [5.41, 5.74) is 0. The summed E-state index contributed by atoms with van der Waals surface area (Å²) in [4.78, 5) is 10.3. The zero-order chi connectivity index (χ0) is 8.43. The van der Waals surface area contributed by atoms with E-state index in [4.69, 9.17) is 5.11 Å². The average molecular weight is 157 g/mol. The predicted octanol–water partition coefficient (Wildman–Crippen LogP) is 0.848. The van der Waals surface area contributed by atoms with E-state index < -0.39 is 5.97 Å². The third kappa shape index (κ3) is 2.89. The molecule has 0 saturated heterocycles. The van der Waals surface area contributed by atoms with Crippen molar-refractivity contribution in [3.8, 4) is 0 Å². The Morgan fingerprint density at radius 2 is 2.36 bits per heavy atom. The Morgan fingerprint density at radius 3 is 2.73 bits per heavy atom. The van der Waals surface area contributed by atoms with Gasteiger partial charge in [-0.2, -0.15) is 0 Å². The summed E-state index contributed by atoms with van der Waals surface area (Å²) in [5.74, 6) is 0.0181. The van der Waals surface area contributed by atoms with Crippen molar-refractivity contribution in [3.63, 3.8) is 0 Å². The summed E-state index contributed by atoms with van der Waals surface area (Å²) >= 11 is 0. The summed E-state index contributed by atoms with van der Waals surface area (Å²) in [6.45, 7) is 4.09. The van der Waals surface area contributed by atoms with Crippen LogP contribution in [0.15, 0.2) is 0 Å². The lowest BCUT2D eigenvalue weighted by atomic mass is 10.2. The van der Waals surface area contributed by atoms with E-state index in [1.165, 1.54) is 6.42 Å². The van der Waals surface area contributed by atoms with Gasteiger partial charge in [0, 0.05) is 12.1 Å². The predicted molar refractivity (Wildman–Crippen MR) is 42.4 cm³/mol. The smallest absolute Gasteiger partial charge is 0.304 e. The van der Waals surface area contributed by atoms with Crippen LogP contribution in [0, 0.1) is 5.92 Å². The molecule has 2 N–H and O–H groups in total. The van der Waals surface area contributed by atoms with Crippen molar-refractivity contribution in [1.29, 1.82) is 0 Å². The van der Waals surface area contributed by atoms with Crippen LogP contribution in [0.5, 0.6) is 0 Å². The van der Waals surface area contributed by atoms with Crippen LogP contribution in [0.25, 0.3) is 0 Å². The van der Waals surface area contributed by atoms with Crippen LogP contribution < -0.4 is 5.32 Å². The van der Waals surface area contributed by atoms with Gasteiger partial charge in [-0.25, -0.2) is 0 Å². The standard InChI is InChI=1S/C8H15NO2/c1-5-3-7(5)9-6(2)4-8(10)11/h5-7,9H,3-4H2,1-2H3,(H,10,11). The lowest BCUT2D eigenvalue weighted by molar-refractivity contribution is -0.137. The van der Waals surface area contributed by atoms with E-state index in [1.54, 1.807) is 0 Å². The van der Waals surface area contributed by atoms with Crippen molar-refractivity contribution >= 4 is 5.97 Å². The van der Waals surface area contributed by atoms with E-state index in [0.29, 0.717) is 6.04 Å². The lowest BCUT2D eigenvalue weighted by Gasteiger charge is -2.09. The molecule has 1 aliphatic rings. The Hall–Kier alpha value is -0.570. The molecule has 0 heterocycles. The summed E-state index contributed by atoms with van der Waals surface area (Å²) in [7, 11) is 0. The molecule has 1 aliphatic carbocycles. The van der Waals surface area contributed by atoms with E-state index in [1.807, 2.05) is 6.92 Å². The highest BCUT2D eigenvalue weighted by molar-refractivity contribution is 5.67. The molecule has 1 rings (SSSR count). The van der Waals surface area contributed by atoms with Gasteiger partial charge < -0.3 is 10.4 Å². The Kier molecular flexibility index (Phi) is 2.49. The van der Waals surface area contributed by atoms with E-state index in [9.17, 15) is 4.79 Å². The van der Waals surface area contributed by atoms with Gasteiger partial charge in [-0.15, -0.1) is 0 Å². The Morgan fingerprint density at radius 1 is 1.82 bits per heavy atom. The number of carboxylic acid groups (broad SMARTS) is 1. The van der Waals surface area contributed by atoms with Crippen LogP contribution >= 0.6 is 0 Å². The van der Waals surface area contributed by atoms with Crippen molar-refractivity contribution in [2.75, 3.05) is 0 Å². The highest BCUT2D eigenvalue weighted by atomic mass is 16.4. The molecule has 0 amide bonds. The number of aliphatic carboxylic acids is 1. The molecule has 0 aromatic carbocycles. The first kappa shape index (κ1) is 8.53. The molecule has 3 nitrogen and oxygen atoms in total. The summed E-state index contributed by atoms with van der Waals surface area (Å²) < 4.78 is 0. The Balaban J connectivity index is 2.11. The fourth-order valence-electron chi connectivity index (χ4n) is 1.24. The molecule has 11 heavy (non-hydrogen) atoms. The first-order valence-electron chi connectivity index (χ1n) is 4.07. The molecule has 0 radical (unpaired) electrons. The van der Waals surface area contributed by atoms with Crippen LogP contribution in [-0.4, -0.2) is 23.2 Å². The second-order valence-corrected chi connectivity index (χ2v) is 3.49. The average Bonchev–Trinajstić information content (AvgIpc) is 2.43. The maximum absolute atomic E-state index is 10.3. The number of nitrogens with one attached hydrogen (secondary N) is 1. The van der Waals surface area contributed by atoms with Crippen LogP contribution in [0.1, 0.15) is 26.7 Å². The molecule has 0 aliphatic heterocycles. The van der Waals surface area contributed by atoms with Crippen molar-refractivity contribution in [2.45, 2.75) is 38.8 Å². The van der Waals surface area contributed by atoms with Gasteiger partial charge >= 0.3 is 5.97 Å². The number of hydrogen-bond acceptors (Lipinski definition) is 2. The van der Waals surface area contributed by atoms with E-state index in [2.05, 4.69) is 12.2 Å². The third-order valence-electron chi connectivity index (χ3n) is 2.09. The minimum Gasteiger partial charge on any atom is -0.481 e. The zero-order valence-electron chi connectivity index (χ0n) is 7.00. The van der Waals surface area contributed by atoms with Crippen molar-refractivity contribution < 1.29 is 9.90 Å². The normalized spacial score (nSPS) is 31.5. The van der Waals surface area contributed by atoms with Gasteiger partial charge in [0.25, 0.3) is 0 Å². The second-order valence-electron chi connectivity index (χ2n) is 3.49. The minimum atomic E-state index is -0.724. The maximum Gasteiger partial charge on any atom is 0.304 e. The highest BCUT2D eigenvalue weighted by Gasteiger charge is 2.33. The van der Waals surface area contributed by atoms with Gasteiger partial charge in [-0.1, -0.05) is 6.92 Å². The van der Waals surface area contributed by atoms with Crippen molar-refractivity contribution in [2.24, 2.45) is 5.92 Å². The molecule has 1 fully saturated rings. The second kappa shape index (κ2) is 3.22. The summed E-state index contributed by atoms with van der Waals surface area (Å²) in [6, 6.07) is 0.687. The fraction of sp³-hybridized carbons (Fsp3) is 0.875. The minimum absolute atomic E-state index is 0.113. The van der Waals surface area contributed by atoms with Crippen LogP contribution in [0.2, 0.25) is 0 Å². The Bertz CT molecular complexity index is 158. The topological polar surface area (TPSA) is 49.3 Å². The van der Waals surface area contributed by atoms with E-state index in [-0.39, 0.29) is 12.5 Å². The molecule has 3 atom stereocenters. The Labute approximate surface area is 66.8 Å². The zero-order valence-corrected chi connectivity index (χ0v) is 7.00. The number of hydrogen-bond donors (Lipinski definition) is 2. The number of carbonyl (C=O) groups is 1. The van der Waals surface area contributed by atoms with Gasteiger partial charge in [0.1, 0.15) is 0 Å². The first-order chi connectivity index (χ1) is 5.09. The summed E-state index contributed by atoms with van der Waals surface area (Å²) in [6.07, 6.45) is 1.42. The maximum atomic E-state index is 10.3. The number of carboxylic acids is 1. The fourth-order valence-corrected chi connectivity index (χ4v) is 1.24. The number of rotatable bonds is 4. The molecular weight excluding hydrogens is 142 g/mol. The molecule has 64 valence electrons. The lowest BCUT2D eigenvalue weighted by Crippen LogP contribution is -2.31. The SMILES string of the molecule is CC(CC(=O)O)NC1CC1C. The molecule has 0 bridgehead atoms. The molecule has 3 heteroatoms. The van der Waals surface area contributed by atoms with Gasteiger partial charge in [0.15, 0.2) is 0 Å².